The maximum Gasteiger partial charge on any atom is 0.434 e. The molecule has 0 unspecified atom stereocenters. The van der Waals surface area contributed by atoms with E-state index in [1.807, 2.05) is 0 Å². The fourth-order valence-corrected chi connectivity index (χ4v) is 2.91. The number of aliphatic hydroxyl groups is 1. The third-order valence-electron chi connectivity index (χ3n) is 3.41. The van der Waals surface area contributed by atoms with Crippen LogP contribution in [0.4, 0.5) is 26.3 Å². The van der Waals surface area contributed by atoms with Gasteiger partial charge in [-0.15, -0.1) is 11.3 Å². The molecule has 10 heteroatoms. The Hall–Kier alpha value is -0.870. The van der Waals surface area contributed by atoms with Crippen molar-refractivity contribution in [3.8, 4) is 0 Å². The standard InChI is InChI=1S/C11H12F6N2OS/c12-10(13,14)7-6-21-8(18-7)5-19-3-1-9(20,2-4-19)11(15,16)17/h6,20H,1-5H2. The van der Waals surface area contributed by atoms with Crippen LogP contribution >= 0.6 is 11.3 Å². The average Bonchev–Trinajstić information content (AvgIpc) is 2.79. The van der Waals surface area contributed by atoms with Gasteiger partial charge < -0.3 is 5.11 Å². The lowest BCUT2D eigenvalue weighted by Gasteiger charge is -2.38. The molecule has 0 aromatic carbocycles. The van der Waals surface area contributed by atoms with Crippen molar-refractivity contribution in [1.82, 2.24) is 9.88 Å². The van der Waals surface area contributed by atoms with Gasteiger partial charge in [0.05, 0.1) is 6.54 Å². The number of aromatic nitrogens is 1. The second kappa shape index (κ2) is 5.40. The smallest absolute Gasteiger partial charge is 0.380 e. The fourth-order valence-electron chi connectivity index (χ4n) is 2.07. The van der Waals surface area contributed by atoms with E-state index in [9.17, 15) is 31.4 Å². The van der Waals surface area contributed by atoms with Crippen molar-refractivity contribution in [2.45, 2.75) is 37.3 Å². The average molecular weight is 334 g/mol. The molecular weight excluding hydrogens is 322 g/mol. The second-order valence-corrected chi connectivity index (χ2v) is 5.87. The summed E-state index contributed by atoms with van der Waals surface area (Å²) in [7, 11) is 0. The highest BCUT2D eigenvalue weighted by molar-refractivity contribution is 7.09. The van der Waals surface area contributed by atoms with E-state index in [4.69, 9.17) is 0 Å². The molecule has 1 saturated heterocycles. The summed E-state index contributed by atoms with van der Waals surface area (Å²) in [6.45, 7) is -0.0391. The highest BCUT2D eigenvalue weighted by atomic mass is 32.1. The van der Waals surface area contributed by atoms with Crippen LogP contribution in [0.15, 0.2) is 5.38 Å². The molecular formula is C11H12F6N2OS. The van der Waals surface area contributed by atoms with Gasteiger partial charge in [0.2, 0.25) is 0 Å². The maximum absolute atomic E-state index is 12.6. The Kier molecular flexibility index (Phi) is 4.24. The summed E-state index contributed by atoms with van der Waals surface area (Å²) in [5.74, 6) is 0. The van der Waals surface area contributed by atoms with Crippen LogP contribution in [-0.4, -0.2) is 39.9 Å². The summed E-state index contributed by atoms with van der Waals surface area (Å²) in [5.41, 5.74) is -3.70. The number of thiazole rings is 1. The number of hydrogen-bond acceptors (Lipinski definition) is 4. The Morgan fingerprint density at radius 2 is 1.76 bits per heavy atom. The number of hydrogen-bond donors (Lipinski definition) is 1. The summed E-state index contributed by atoms with van der Waals surface area (Å²) >= 11 is 0.818. The first-order valence-corrected chi connectivity index (χ1v) is 6.92. The zero-order valence-electron chi connectivity index (χ0n) is 10.6. The van der Waals surface area contributed by atoms with E-state index in [2.05, 4.69) is 4.98 Å². The first kappa shape index (κ1) is 16.5. The molecule has 1 aromatic rings. The fraction of sp³-hybridized carbons (Fsp3) is 0.727. The molecule has 1 aliphatic heterocycles. The molecule has 21 heavy (non-hydrogen) atoms. The van der Waals surface area contributed by atoms with Crippen molar-refractivity contribution in [3.05, 3.63) is 16.1 Å². The van der Waals surface area contributed by atoms with E-state index >= 15 is 0 Å². The van der Waals surface area contributed by atoms with Crippen molar-refractivity contribution in [2.75, 3.05) is 13.1 Å². The SMILES string of the molecule is OC1(C(F)(F)F)CCN(Cc2nc(C(F)(F)F)cs2)CC1. The predicted molar refractivity (Wildman–Crippen MR) is 62.6 cm³/mol. The highest BCUT2D eigenvalue weighted by Gasteiger charge is 2.54. The molecule has 0 aliphatic carbocycles. The van der Waals surface area contributed by atoms with Gasteiger partial charge in [-0.3, -0.25) is 4.90 Å². The van der Waals surface area contributed by atoms with Gasteiger partial charge in [0, 0.05) is 18.5 Å². The van der Waals surface area contributed by atoms with Gasteiger partial charge in [0.1, 0.15) is 5.01 Å². The summed E-state index contributed by atoms with van der Waals surface area (Å²) in [4.78, 5) is 4.98. The molecule has 0 bridgehead atoms. The van der Waals surface area contributed by atoms with Crippen molar-refractivity contribution in [2.24, 2.45) is 0 Å². The number of halogens is 6. The molecule has 3 nitrogen and oxygen atoms in total. The molecule has 2 rings (SSSR count). The molecule has 0 atom stereocenters. The lowest BCUT2D eigenvalue weighted by Crippen LogP contribution is -2.53. The van der Waals surface area contributed by atoms with Crippen molar-refractivity contribution in [3.63, 3.8) is 0 Å². The minimum absolute atomic E-state index is 0.0447. The molecule has 2 heterocycles. The Morgan fingerprint density at radius 3 is 2.19 bits per heavy atom. The lowest BCUT2D eigenvalue weighted by atomic mass is 9.91. The van der Waals surface area contributed by atoms with Crippen molar-refractivity contribution >= 4 is 11.3 Å². The maximum atomic E-state index is 12.6. The molecule has 0 radical (unpaired) electrons. The Bertz CT molecular complexity index is 490. The molecule has 1 N–H and O–H groups in total. The normalized spacial score (nSPS) is 20.7. The van der Waals surface area contributed by atoms with Gasteiger partial charge in [-0.1, -0.05) is 0 Å². The summed E-state index contributed by atoms with van der Waals surface area (Å²) < 4.78 is 75.0. The zero-order chi connectivity index (χ0) is 15.9. The third-order valence-corrected chi connectivity index (χ3v) is 4.25. The minimum Gasteiger partial charge on any atom is -0.380 e. The van der Waals surface area contributed by atoms with Crippen LogP contribution in [0.1, 0.15) is 23.5 Å². The van der Waals surface area contributed by atoms with Gasteiger partial charge in [-0.25, -0.2) is 4.98 Å². The van der Waals surface area contributed by atoms with Crippen LogP contribution in [0, 0.1) is 0 Å². The van der Waals surface area contributed by atoms with Gasteiger partial charge in [-0.2, -0.15) is 26.3 Å². The van der Waals surface area contributed by atoms with Crippen LogP contribution in [0.2, 0.25) is 0 Å². The van der Waals surface area contributed by atoms with Crippen molar-refractivity contribution < 1.29 is 31.4 Å². The summed E-state index contributed by atoms with van der Waals surface area (Å²) in [5, 5.41) is 10.6. The number of piperidine rings is 1. The summed E-state index contributed by atoms with van der Waals surface area (Å²) in [6, 6.07) is 0. The van der Waals surface area contributed by atoms with E-state index in [-0.39, 0.29) is 24.6 Å². The lowest BCUT2D eigenvalue weighted by molar-refractivity contribution is -0.272. The first-order valence-electron chi connectivity index (χ1n) is 6.04. The van der Waals surface area contributed by atoms with E-state index in [1.54, 1.807) is 4.90 Å². The van der Waals surface area contributed by atoms with Gasteiger partial charge in [0.25, 0.3) is 0 Å². The molecule has 120 valence electrons. The van der Waals surface area contributed by atoms with Gasteiger partial charge in [0.15, 0.2) is 11.3 Å². The molecule has 0 amide bonds. The first-order chi connectivity index (χ1) is 9.51. The van der Waals surface area contributed by atoms with E-state index < -0.39 is 36.5 Å². The zero-order valence-corrected chi connectivity index (χ0v) is 11.4. The second-order valence-electron chi connectivity index (χ2n) is 4.93. The topological polar surface area (TPSA) is 36.4 Å². The predicted octanol–water partition coefficient (Wildman–Crippen LogP) is 3.05. The monoisotopic (exact) mass is 334 g/mol. The quantitative estimate of drug-likeness (QED) is 0.845. The van der Waals surface area contributed by atoms with Gasteiger partial charge >= 0.3 is 12.4 Å². The number of nitrogens with zero attached hydrogens (tertiary/aromatic N) is 2. The Labute approximate surface area is 120 Å². The van der Waals surface area contributed by atoms with Crippen LogP contribution in [0.25, 0.3) is 0 Å². The Balaban J connectivity index is 1.94. The molecule has 1 fully saturated rings. The number of rotatable bonds is 2. The number of likely N-dealkylation sites (tertiary alicyclic amines) is 1. The largest absolute Gasteiger partial charge is 0.434 e. The molecule has 1 aromatic heterocycles. The molecule has 0 spiro atoms. The van der Waals surface area contributed by atoms with Crippen molar-refractivity contribution in [1.29, 1.82) is 0 Å². The third kappa shape index (κ3) is 3.67. The van der Waals surface area contributed by atoms with Crippen LogP contribution in [0.5, 0.6) is 0 Å². The van der Waals surface area contributed by atoms with E-state index in [0.717, 1.165) is 16.7 Å². The van der Waals surface area contributed by atoms with Crippen LogP contribution in [0.3, 0.4) is 0 Å². The minimum atomic E-state index is -4.69. The van der Waals surface area contributed by atoms with Crippen LogP contribution < -0.4 is 0 Å². The molecule has 0 saturated carbocycles. The van der Waals surface area contributed by atoms with E-state index in [0.29, 0.717) is 0 Å². The summed E-state index contributed by atoms with van der Waals surface area (Å²) in [6.07, 6.45) is -10.2. The Morgan fingerprint density at radius 1 is 1.19 bits per heavy atom. The van der Waals surface area contributed by atoms with Gasteiger partial charge in [-0.05, 0) is 12.8 Å². The molecule has 1 aliphatic rings. The van der Waals surface area contributed by atoms with Crippen LogP contribution in [-0.2, 0) is 12.7 Å². The highest BCUT2D eigenvalue weighted by Crippen LogP contribution is 2.38. The number of alkyl halides is 6. The van der Waals surface area contributed by atoms with E-state index in [1.165, 1.54) is 0 Å².